The predicted molar refractivity (Wildman–Crippen MR) is 92.0 cm³/mol. The summed E-state index contributed by atoms with van der Waals surface area (Å²) in [5.74, 6) is -1.02. The van der Waals surface area contributed by atoms with Crippen LogP contribution in [0.1, 0.15) is 28.4 Å². The lowest BCUT2D eigenvalue weighted by Crippen LogP contribution is -2.37. The van der Waals surface area contributed by atoms with Crippen molar-refractivity contribution in [2.24, 2.45) is 0 Å². The zero-order valence-electron chi connectivity index (χ0n) is 14.8. The van der Waals surface area contributed by atoms with Crippen LogP contribution in [0.3, 0.4) is 0 Å². The Hall–Kier alpha value is -2.78. The van der Waals surface area contributed by atoms with Gasteiger partial charge in [0.2, 0.25) is 0 Å². The topological polar surface area (TPSA) is 87.4 Å². The SMILES string of the molecule is N#Cc1c(OC(CC(c2ccccc2)S(=O)(=O)O)C(F)(F)F)cccc1C(F)(F)F. The van der Waals surface area contributed by atoms with Crippen molar-refractivity contribution in [3.8, 4) is 11.8 Å². The zero-order chi connectivity index (χ0) is 22.7. The van der Waals surface area contributed by atoms with Crippen LogP contribution < -0.4 is 4.74 Å². The monoisotopic (exact) mass is 453 g/mol. The minimum absolute atomic E-state index is 0.178. The lowest BCUT2D eigenvalue weighted by molar-refractivity contribution is -0.197. The lowest BCUT2D eigenvalue weighted by atomic mass is 10.0. The summed E-state index contributed by atoms with van der Waals surface area (Å²) in [6, 6.07) is 9.60. The molecule has 0 heterocycles. The number of hydrogen-bond donors (Lipinski definition) is 1. The van der Waals surface area contributed by atoms with E-state index in [0.717, 1.165) is 30.3 Å². The first-order valence-electron chi connectivity index (χ1n) is 8.10. The molecule has 12 heteroatoms. The van der Waals surface area contributed by atoms with Crippen LogP contribution in [0.2, 0.25) is 0 Å². The average Bonchev–Trinajstić information content (AvgIpc) is 2.62. The lowest BCUT2D eigenvalue weighted by Gasteiger charge is -2.26. The highest BCUT2D eigenvalue weighted by Gasteiger charge is 2.46. The molecule has 162 valence electrons. The molecule has 2 aromatic carbocycles. The largest absolute Gasteiger partial charge is 0.479 e. The van der Waals surface area contributed by atoms with Gasteiger partial charge in [-0.25, -0.2) is 0 Å². The molecule has 2 atom stereocenters. The highest BCUT2D eigenvalue weighted by atomic mass is 32.2. The van der Waals surface area contributed by atoms with Gasteiger partial charge in [0.1, 0.15) is 22.6 Å². The molecule has 5 nitrogen and oxygen atoms in total. The molecular formula is C18H13F6NO4S. The smallest absolute Gasteiger partial charge is 0.425 e. The fourth-order valence-electron chi connectivity index (χ4n) is 2.67. The summed E-state index contributed by atoms with van der Waals surface area (Å²) < 4.78 is 117. The van der Waals surface area contributed by atoms with E-state index in [1.54, 1.807) is 0 Å². The van der Waals surface area contributed by atoms with E-state index in [-0.39, 0.29) is 5.56 Å². The summed E-state index contributed by atoms with van der Waals surface area (Å²) in [4.78, 5) is 0. The molecule has 0 saturated heterocycles. The van der Waals surface area contributed by atoms with Crippen molar-refractivity contribution in [2.75, 3.05) is 0 Å². The molecule has 0 aliphatic heterocycles. The van der Waals surface area contributed by atoms with E-state index in [0.29, 0.717) is 6.07 Å². The van der Waals surface area contributed by atoms with Gasteiger partial charge in [-0.1, -0.05) is 36.4 Å². The van der Waals surface area contributed by atoms with E-state index in [2.05, 4.69) is 4.74 Å². The number of halogens is 6. The van der Waals surface area contributed by atoms with E-state index in [1.807, 2.05) is 0 Å². The molecular weight excluding hydrogens is 440 g/mol. The van der Waals surface area contributed by atoms with Crippen molar-refractivity contribution >= 4 is 10.1 Å². The highest BCUT2D eigenvalue weighted by molar-refractivity contribution is 7.86. The van der Waals surface area contributed by atoms with Crippen LogP contribution in [0, 0.1) is 11.3 Å². The van der Waals surface area contributed by atoms with Crippen molar-refractivity contribution in [1.82, 2.24) is 0 Å². The number of alkyl halides is 6. The van der Waals surface area contributed by atoms with Gasteiger partial charge in [-0.3, -0.25) is 4.55 Å². The summed E-state index contributed by atoms with van der Waals surface area (Å²) in [5, 5.41) is 6.95. The molecule has 2 unspecified atom stereocenters. The fourth-order valence-corrected chi connectivity index (χ4v) is 3.59. The van der Waals surface area contributed by atoms with Crippen LogP contribution in [0.15, 0.2) is 48.5 Å². The number of benzene rings is 2. The summed E-state index contributed by atoms with van der Waals surface area (Å²) in [5.41, 5.74) is -2.86. The maximum absolute atomic E-state index is 13.5. The van der Waals surface area contributed by atoms with E-state index in [4.69, 9.17) is 5.26 Å². The first kappa shape index (κ1) is 23.5. The molecule has 1 N–H and O–H groups in total. The van der Waals surface area contributed by atoms with E-state index in [9.17, 15) is 39.3 Å². The van der Waals surface area contributed by atoms with E-state index >= 15 is 0 Å². The van der Waals surface area contributed by atoms with Crippen molar-refractivity contribution < 1.29 is 44.0 Å². The molecule has 0 aliphatic rings. The van der Waals surface area contributed by atoms with Gasteiger partial charge in [0, 0.05) is 6.42 Å². The van der Waals surface area contributed by atoms with Gasteiger partial charge < -0.3 is 4.74 Å². The maximum atomic E-state index is 13.5. The third-order valence-corrected chi connectivity index (χ3v) is 5.22. The molecule has 0 aromatic heterocycles. The minimum Gasteiger partial charge on any atom is -0.479 e. The molecule has 0 radical (unpaired) electrons. The summed E-state index contributed by atoms with van der Waals surface area (Å²) >= 11 is 0. The Kier molecular flexibility index (Phi) is 6.68. The Balaban J connectivity index is 2.50. The molecule has 0 saturated carbocycles. The number of nitriles is 1. The second-order valence-electron chi connectivity index (χ2n) is 6.09. The Bertz CT molecular complexity index is 1030. The molecule has 0 aliphatic carbocycles. The van der Waals surface area contributed by atoms with Gasteiger partial charge in [0.15, 0.2) is 6.10 Å². The van der Waals surface area contributed by atoms with Crippen molar-refractivity contribution in [2.45, 2.75) is 30.1 Å². The first-order chi connectivity index (χ1) is 13.7. The maximum Gasteiger partial charge on any atom is 0.425 e. The Morgan fingerprint density at radius 3 is 2.07 bits per heavy atom. The van der Waals surface area contributed by atoms with Crippen LogP contribution >= 0.6 is 0 Å². The van der Waals surface area contributed by atoms with Crippen LogP contribution in [0.25, 0.3) is 0 Å². The zero-order valence-corrected chi connectivity index (χ0v) is 15.6. The minimum atomic E-state index is -5.22. The average molecular weight is 453 g/mol. The van der Waals surface area contributed by atoms with Gasteiger partial charge in [-0.05, 0) is 17.7 Å². The second kappa shape index (κ2) is 8.53. The van der Waals surface area contributed by atoms with Crippen molar-refractivity contribution in [3.63, 3.8) is 0 Å². The fraction of sp³-hybridized carbons (Fsp3) is 0.278. The molecule has 2 aromatic rings. The number of rotatable bonds is 6. The standard InChI is InChI=1S/C18H13F6NO4S/c19-17(20,21)13-7-4-8-14(12(13)10-25)29-16(18(22,23)24)9-15(30(26,27)28)11-5-2-1-3-6-11/h1-8,15-16H,9H2,(H,26,27,28). The number of ether oxygens (including phenoxy) is 1. The summed E-state index contributed by atoms with van der Waals surface area (Å²) in [6.45, 7) is 0. The van der Waals surface area contributed by atoms with Crippen LogP contribution in [0.5, 0.6) is 5.75 Å². The van der Waals surface area contributed by atoms with Gasteiger partial charge in [0.05, 0.1) is 5.56 Å². The molecule has 0 bridgehead atoms. The molecule has 30 heavy (non-hydrogen) atoms. The Labute approximate surface area is 167 Å². The second-order valence-corrected chi connectivity index (χ2v) is 7.69. The van der Waals surface area contributed by atoms with Crippen LogP contribution in [-0.2, 0) is 16.3 Å². The third-order valence-electron chi connectivity index (χ3n) is 4.04. The summed E-state index contributed by atoms with van der Waals surface area (Å²) in [6.07, 6.45) is -14.5. The third kappa shape index (κ3) is 5.64. The van der Waals surface area contributed by atoms with Gasteiger partial charge >= 0.3 is 12.4 Å². The Morgan fingerprint density at radius 1 is 1.00 bits per heavy atom. The van der Waals surface area contributed by atoms with Gasteiger partial charge in [-0.2, -0.15) is 40.0 Å². The highest BCUT2D eigenvalue weighted by Crippen LogP contribution is 2.39. The Morgan fingerprint density at radius 2 is 1.60 bits per heavy atom. The summed E-state index contributed by atoms with van der Waals surface area (Å²) in [7, 11) is -5.04. The van der Waals surface area contributed by atoms with Crippen LogP contribution in [0.4, 0.5) is 26.3 Å². The van der Waals surface area contributed by atoms with Crippen molar-refractivity contribution in [1.29, 1.82) is 5.26 Å². The number of hydrogen-bond acceptors (Lipinski definition) is 4. The first-order valence-corrected chi connectivity index (χ1v) is 9.60. The van der Waals surface area contributed by atoms with E-state index < -0.39 is 57.1 Å². The molecule has 0 fully saturated rings. The van der Waals surface area contributed by atoms with Crippen molar-refractivity contribution in [3.05, 3.63) is 65.2 Å². The molecule has 0 spiro atoms. The molecule has 0 amide bonds. The van der Waals surface area contributed by atoms with E-state index in [1.165, 1.54) is 18.2 Å². The quantitative estimate of drug-likeness (QED) is 0.496. The molecule has 2 rings (SSSR count). The number of nitrogens with zero attached hydrogens (tertiary/aromatic N) is 1. The van der Waals surface area contributed by atoms with Gasteiger partial charge in [-0.15, -0.1) is 0 Å². The van der Waals surface area contributed by atoms with Crippen LogP contribution in [-0.4, -0.2) is 25.3 Å². The normalized spacial score (nSPS) is 14.6. The predicted octanol–water partition coefficient (Wildman–Crippen LogP) is 4.91. The van der Waals surface area contributed by atoms with Gasteiger partial charge in [0.25, 0.3) is 10.1 Å².